The van der Waals surface area contributed by atoms with Gasteiger partial charge in [-0.2, -0.15) is 0 Å². The van der Waals surface area contributed by atoms with E-state index in [1.165, 1.54) is 0 Å². The Morgan fingerprint density at radius 3 is 2.69 bits per heavy atom. The number of aliphatic hydroxyl groups is 1. The molecule has 10 nitrogen and oxygen atoms in total. The summed E-state index contributed by atoms with van der Waals surface area (Å²) in [6.45, 7) is 12.8. The molecular weight excluding hydrogens is 494 g/mol. The number of likely N-dealkylation sites (tertiary alicyclic amines) is 1. The number of urea groups is 1. The number of hydrogen-bond acceptors (Lipinski definition) is 6. The van der Waals surface area contributed by atoms with E-state index in [4.69, 9.17) is 0 Å². The second-order valence-electron chi connectivity index (χ2n) is 9.92. The molecule has 1 saturated heterocycles. The molecule has 1 unspecified atom stereocenters. The predicted octanol–water partition coefficient (Wildman–Crippen LogP) is 3.48. The van der Waals surface area contributed by atoms with Crippen LogP contribution in [0.15, 0.2) is 42.8 Å². The maximum atomic E-state index is 12.8. The van der Waals surface area contributed by atoms with Crippen molar-refractivity contribution in [2.75, 3.05) is 19.6 Å². The molecule has 0 spiro atoms. The lowest BCUT2D eigenvalue weighted by Gasteiger charge is -2.32. The highest BCUT2D eigenvalue weighted by Crippen LogP contribution is 2.22. The second kappa shape index (κ2) is 12.8. The summed E-state index contributed by atoms with van der Waals surface area (Å²) < 4.78 is 2.17. The molecule has 0 bridgehead atoms. The molecule has 208 valence electrons. The van der Waals surface area contributed by atoms with Crippen LogP contribution in [0, 0.1) is 0 Å². The fourth-order valence-corrected chi connectivity index (χ4v) is 5.08. The van der Waals surface area contributed by atoms with Crippen molar-refractivity contribution in [2.45, 2.75) is 72.1 Å². The molecule has 2 aromatic rings. The number of aromatic nitrogens is 4. The van der Waals surface area contributed by atoms with E-state index < -0.39 is 6.10 Å². The Kier molecular flexibility index (Phi) is 9.29. The average molecular weight is 534 g/mol. The molecule has 0 radical (unpaired) electrons. The second-order valence-corrected chi connectivity index (χ2v) is 9.92. The Hall–Kier alpha value is -3.79. The molecule has 3 amide bonds. The zero-order chi connectivity index (χ0) is 27.9. The SMILES string of the molecule is C=C(/C=C\C=C(/C)c1nnc2n1CCCC2)NC(=O)c1cc2c(cn1)CCN(C(=O)N1CCC(O)C1)C2.CC. The summed E-state index contributed by atoms with van der Waals surface area (Å²) in [5.74, 6) is 1.56. The van der Waals surface area contributed by atoms with E-state index in [0.717, 1.165) is 54.2 Å². The monoisotopic (exact) mass is 533 g/mol. The van der Waals surface area contributed by atoms with Crippen molar-refractivity contribution in [3.63, 3.8) is 0 Å². The van der Waals surface area contributed by atoms with Crippen LogP contribution >= 0.6 is 0 Å². The van der Waals surface area contributed by atoms with Crippen LogP contribution in [0.1, 0.15) is 73.3 Å². The number of amides is 3. The number of nitrogens with zero attached hydrogens (tertiary/aromatic N) is 6. The Morgan fingerprint density at radius 1 is 1.10 bits per heavy atom. The first-order valence-electron chi connectivity index (χ1n) is 13.9. The van der Waals surface area contributed by atoms with Crippen molar-refractivity contribution >= 4 is 17.5 Å². The number of allylic oxidation sites excluding steroid dienone is 4. The first-order chi connectivity index (χ1) is 18.9. The third kappa shape index (κ3) is 6.62. The summed E-state index contributed by atoms with van der Waals surface area (Å²) in [6, 6.07) is 1.68. The highest BCUT2D eigenvalue weighted by Gasteiger charge is 2.30. The van der Waals surface area contributed by atoms with Crippen molar-refractivity contribution in [1.82, 2.24) is 34.9 Å². The van der Waals surface area contributed by atoms with Gasteiger partial charge < -0.3 is 24.8 Å². The normalized spacial score (nSPS) is 18.8. The number of fused-ring (bicyclic) bond motifs is 2. The molecule has 5 heterocycles. The number of aryl methyl sites for hydroxylation is 1. The van der Waals surface area contributed by atoms with E-state index >= 15 is 0 Å². The maximum Gasteiger partial charge on any atom is 0.320 e. The lowest BCUT2D eigenvalue weighted by atomic mass is 10.0. The molecule has 0 saturated carbocycles. The number of carbonyl (C=O) groups is 2. The molecule has 10 heteroatoms. The molecule has 3 aliphatic heterocycles. The van der Waals surface area contributed by atoms with Gasteiger partial charge in [0.15, 0.2) is 5.82 Å². The van der Waals surface area contributed by atoms with Crippen LogP contribution in [-0.2, 0) is 25.9 Å². The van der Waals surface area contributed by atoms with Crippen LogP contribution in [0.4, 0.5) is 4.79 Å². The van der Waals surface area contributed by atoms with Gasteiger partial charge in [-0.1, -0.05) is 32.6 Å². The smallest absolute Gasteiger partial charge is 0.320 e. The highest BCUT2D eigenvalue weighted by atomic mass is 16.3. The summed E-state index contributed by atoms with van der Waals surface area (Å²) in [5.41, 5.74) is 3.67. The molecule has 1 atom stereocenters. The van der Waals surface area contributed by atoms with Crippen LogP contribution in [0.2, 0.25) is 0 Å². The number of pyridine rings is 1. The Bertz CT molecular complexity index is 1280. The number of nitrogens with one attached hydrogen (secondary N) is 1. The minimum absolute atomic E-state index is 0.0708. The van der Waals surface area contributed by atoms with Gasteiger partial charge in [0.2, 0.25) is 0 Å². The summed E-state index contributed by atoms with van der Waals surface area (Å²) in [4.78, 5) is 33.4. The molecule has 0 aliphatic carbocycles. The topological polar surface area (TPSA) is 116 Å². The quantitative estimate of drug-likeness (QED) is 0.569. The lowest BCUT2D eigenvalue weighted by molar-refractivity contribution is 0.0962. The van der Waals surface area contributed by atoms with Crippen LogP contribution < -0.4 is 5.32 Å². The third-order valence-corrected chi connectivity index (χ3v) is 7.16. The number of hydrogen-bond donors (Lipinski definition) is 2. The molecule has 1 fully saturated rings. The van der Waals surface area contributed by atoms with Crippen molar-refractivity contribution in [3.05, 3.63) is 71.2 Å². The average Bonchev–Trinajstić information content (AvgIpc) is 3.59. The van der Waals surface area contributed by atoms with Crippen molar-refractivity contribution in [1.29, 1.82) is 0 Å². The fourth-order valence-electron chi connectivity index (χ4n) is 5.08. The highest BCUT2D eigenvalue weighted by molar-refractivity contribution is 5.94. The Labute approximate surface area is 230 Å². The molecule has 2 N–H and O–H groups in total. The van der Waals surface area contributed by atoms with Crippen LogP contribution in [-0.4, -0.2) is 72.3 Å². The van der Waals surface area contributed by atoms with Gasteiger partial charge in [0.25, 0.3) is 5.91 Å². The van der Waals surface area contributed by atoms with Gasteiger partial charge in [0, 0.05) is 51.0 Å². The van der Waals surface area contributed by atoms with Gasteiger partial charge in [0.05, 0.1) is 6.10 Å². The van der Waals surface area contributed by atoms with Crippen molar-refractivity contribution < 1.29 is 14.7 Å². The van der Waals surface area contributed by atoms with Gasteiger partial charge >= 0.3 is 6.03 Å². The molecule has 2 aromatic heterocycles. The van der Waals surface area contributed by atoms with Gasteiger partial charge in [-0.3, -0.25) is 9.78 Å². The summed E-state index contributed by atoms with van der Waals surface area (Å²) >= 11 is 0. The van der Waals surface area contributed by atoms with Gasteiger partial charge in [0.1, 0.15) is 11.5 Å². The summed E-state index contributed by atoms with van der Waals surface area (Å²) in [7, 11) is 0. The Morgan fingerprint density at radius 2 is 1.92 bits per heavy atom. The van der Waals surface area contributed by atoms with E-state index in [1.54, 1.807) is 28.1 Å². The summed E-state index contributed by atoms with van der Waals surface area (Å²) in [6.07, 6.45) is 11.3. The third-order valence-electron chi connectivity index (χ3n) is 7.16. The Balaban J connectivity index is 0.00000172. The molecule has 5 rings (SSSR count). The van der Waals surface area contributed by atoms with E-state index in [0.29, 0.717) is 44.7 Å². The van der Waals surface area contributed by atoms with E-state index in [-0.39, 0.29) is 17.6 Å². The molecule has 39 heavy (non-hydrogen) atoms. The number of carbonyl (C=O) groups excluding carboxylic acids is 2. The number of aliphatic hydroxyl groups excluding tert-OH is 1. The maximum absolute atomic E-state index is 12.8. The predicted molar refractivity (Wildman–Crippen MR) is 150 cm³/mol. The first-order valence-corrected chi connectivity index (χ1v) is 13.9. The van der Waals surface area contributed by atoms with E-state index in [1.807, 2.05) is 32.9 Å². The van der Waals surface area contributed by atoms with Gasteiger partial charge in [-0.25, -0.2) is 4.79 Å². The van der Waals surface area contributed by atoms with E-state index in [9.17, 15) is 14.7 Å². The van der Waals surface area contributed by atoms with Crippen molar-refractivity contribution in [3.8, 4) is 0 Å². The molecule has 3 aliphatic rings. The van der Waals surface area contributed by atoms with Gasteiger partial charge in [-0.05, 0) is 61.4 Å². The van der Waals surface area contributed by atoms with E-state index in [2.05, 4.69) is 31.6 Å². The molecule has 0 aromatic carbocycles. The number of β-amino-alcohol motifs (C(OH)–C–C–N with tert-alkyl or cyclic N) is 1. The minimum atomic E-state index is -0.449. The van der Waals surface area contributed by atoms with Gasteiger partial charge in [-0.15, -0.1) is 10.2 Å². The van der Waals surface area contributed by atoms with Crippen LogP contribution in [0.5, 0.6) is 0 Å². The minimum Gasteiger partial charge on any atom is -0.391 e. The molecular formula is C29H39N7O3. The lowest BCUT2D eigenvalue weighted by Crippen LogP contribution is -2.44. The first kappa shape index (κ1) is 28.2. The van der Waals surface area contributed by atoms with Crippen molar-refractivity contribution in [2.24, 2.45) is 0 Å². The summed E-state index contributed by atoms with van der Waals surface area (Å²) in [5, 5.41) is 21.2. The number of rotatable bonds is 5. The standard InChI is InChI=1S/C27H33N7O3.C2H6/c1-18(25-31-30-24-8-3-4-11-34(24)25)6-5-7-19(2)29-26(36)23-14-21-16-32(12-9-20(21)15-28-23)27(37)33-13-10-22(35)17-33;1-2/h5-7,14-15,22,35H,2-4,8-13,16-17H2,1H3,(H,29,36);1-2H3/b7-5-,18-6+;. The van der Waals surface area contributed by atoms with Crippen LogP contribution in [0.3, 0.4) is 0 Å². The zero-order valence-electron chi connectivity index (χ0n) is 23.2. The fraction of sp³-hybridized carbons (Fsp3) is 0.483. The zero-order valence-corrected chi connectivity index (χ0v) is 23.2. The van der Waals surface area contributed by atoms with Crippen LogP contribution in [0.25, 0.3) is 5.57 Å². The largest absolute Gasteiger partial charge is 0.391 e.